The molecule has 4 heteroatoms. The van der Waals surface area contributed by atoms with E-state index >= 15 is 0 Å². The van der Waals surface area contributed by atoms with E-state index in [0.29, 0.717) is 13.1 Å². The zero-order valence-electron chi connectivity index (χ0n) is 14.7. The molecule has 0 unspecified atom stereocenters. The largest absolute Gasteiger partial charge is 0.497 e. The molecule has 0 aliphatic heterocycles. The van der Waals surface area contributed by atoms with E-state index in [1.807, 2.05) is 66.7 Å². The lowest BCUT2D eigenvalue weighted by Gasteiger charge is -2.30. The number of benzene rings is 3. The van der Waals surface area contributed by atoms with Crippen molar-refractivity contribution in [3.05, 3.63) is 100 Å². The maximum Gasteiger partial charge on any atom is 0.127 e. The number of nitrogens with one attached hydrogen (secondary N) is 1. The summed E-state index contributed by atoms with van der Waals surface area (Å²) in [6.07, 6.45) is 0. The molecule has 0 amide bonds. The van der Waals surface area contributed by atoms with E-state index in [0.717, 1.165) is 21.3 Å². The third kappa shape index (κ3) is 4.33. The van der Waals surface area contributed by atoms with Crippen LogP contribution in [0.4, 0.5) is 0 Å². The number of aliphatic hydroxyl groups is 1. The summed E-state index contributed by atoms with van der Waals surface area (Å²) in [5.74, 6) is 0.768. The van der Waals surface area contributed by atoms with Gasteiger partial charge in [0, 0.05) is 17.6 Å². The fourth-order valence-electron chi connectivity index (χ4n) is 2.95. The molecule has 0 spiro atoms. The molecular formula is C22H22BrNO2. The first-order valence-electron chi connectivity index (χ1n) is 8.49. The molecule has 134 valence electrons. The van der Waals surface area contributed by atoms with Gasteiger partial charge in [-0.15, -0.1) is 0 Å². The molecule has 2 N–H and O–H groups in total. The highest BCUT2D eigenvalue weighted by Gasteiger charge is 2.31. The maximum absolute atomic E-state index is 11.6. The topological polar surface area (TPSA) is 41.5 Å². The minimum Gasteiger partial charge on any atom is -0.497 e. The molecule has 0 heterocycles. The van der Waals surface area contributed by atoms with Gasteiger partial charge in [-0.25, -0.2) is 0 Å². The summed E-state index contributed by atoms with van der Waals surface area (Å²) < 4.78 is 6.22. The minimum atomic E-state index is -1.14. The highest BCUT2D eigenvalue weighted by atomic mass is 79.9. The van der Waals surface area contributed by atoms with Crippen molar-refractivity contribution in [1.29, 1.82) is 0 Å². The second-order valence-corrected chi connectivity index (χ2v) is 7.10. The Balaban J connectivity index is 1.86. The molecule has 1 atom stereocenters. The standard InChI is InChI=1S/C22H22BrNO2/c1-26-21-13-9-19(10-14-21)22(25,18-7-11-20(23)12-8-18)16-24-15-17-5-3-2-4-6-17/h2-14,24-25H,15-16H2,1H3/t22-/m1/s1. The van der Waals surface area contributed by atoms with Gasteiger partial charge >= 0.3 is 0 Å². The summed E-state index contributed by atoms with van der Waals surface area (Å²) in [6.45, 7) is 1.09. The van der Waals surface area contributed by atoms with Crippen LogP contribution in [-0.4, -0.2) is 18.8 Å². The molecule has 3 aromatic rings. The first-order chi connectivity index (χ1) is 12.6. The lowest BCUT2D eigenvalue weighted by Crippen LogP contribution is -2.39. The van der Waals surface area contributed by atoms with Gasteiger partial charge in [-0.1, -0.05) is 70.5 Å². The Morgan fingerprint density at radius 1 is 0.885 bits per heavy atom. The van der Waals surface area contributed by atoms with Gasteiger partial charge in [-0.2, -0.15) is 0 Å². The zero-order chi connectivity index (χ0) is 18.4. The van der Waals surface area contributed by atoms with Crippen LogP contribution in [0, 0.1) is 0 Å². The average molecular weight is 412 g/mol. The average Bonchev–Trinajstić information content (AvgIpc) is 2.69. The number of rotatable bonds is 7. The molecule has 0 aromatic heterocycles. The minimum absolute atomic E-state index is 0.399. The van der Waals surface area contributed by atoms with E-state index in [9.17, 15) is 5.11 Å². The predicted octanol–water partition coefficient (Wildman–Crippen LogP) is 4.48. The molecule has 3 nitrogen and oxygen atoms in total. The van der Waals surface area contributed by atoms with Crippen molar-refractivity contribution in [1.82, 2.24) is 5.32 Å². The van der Waals surface area contributed by atoms with Gasteiger partial charge in [0.05, 0.1) is 7.11 Å². The molecule has 3 aromatic carbocycles. The van der Waals surface area contributed by atoms with Gasteiger partial charge in [0.15, 0.2) is 0 Å². The number of halogens is 1. The second kappa shape index (κ2) is 8.49. The van der Waals surface area contributed by atoms with Gasteiger partial charge in [-0.05, 0) is 41.0 Å². The van der Waals surface area contributed by atoms with Crippen LogP contribution in [0.3, 0.4) is 0 Å². The van der Waals surface area contributed by atoms with Crippen molar-refractivity contribution in [3.63, 3.8) is 0 Å². The number of hydrogen-bond donors (Lipinski definition) is 2. The van der Waals surface area contributed by atoms with E-state index in [4.69, 9.17) is 4.74 Å². The molecule has 0 aliphatic rings. The third-order valence-corrected chi connectivity index (χ3v) is 4.97. The Morgan fingerprint density at radius 2 is 1.46 bits per heavy atom. The van der Waals surface area contributed by atoms with E-state index in [-0.39, 0.29) is 0 Å². The third-order valence-electron chi connectivity index (χ3n) is 4.44. The van der Waals surface area contributed by atoms with Gasteiger partial charge in [0.2, 0.25) is 0 Å². The number of methoxy groups -OCH3 is 1. The Hall–Kier alpha value is -2.14. The Bertz CT molecular complexity index is 819. The molecule has 0 saturated carbocycles. The predicted molar refractivity (Wildman–Crippen MR) is 108 cm³/mol. The van der Waals surface area contributed by atoms with Crippen LogP contribution in [0.25, 0.3) is 0 Å². The van der Waals surface area contributed by atoms with E-state index < -0.39 is 5.60 Å². The van der Waals surface area contributed by atoms with Gasteiger partial charge in [-0.3, -0.25) is 0 Å². The van der Waals surface area contributed by atoms with Gasteiger partial charge < -0.3 is 15.2 Å². The monoisotopic (exact) mass is 411 g/mol. The summed E-state index contributed by atoms with van der Waals surface area (Å²) in [5, 5.41) is 15.0. The van der Waals surface area contributed by atoms with Crippen LogP contribution in [-0.2, 0) is 12.1 Å². The Labute approximate surface area is 162 Å². The first-order valence-corrected chi connectivity index (χ1v) is 9.29. The van der Waals surface area contributed by atoms with Crippen LogP contribution in [0.15, 0.2) is 83.3 Å². The summed E-state index contributed by atoms with van der Waals surface area (Å²) in [5.41, 5.74) is 1.70. The van der Waals surface area contributed by atoms with E-state index in [2.05, 4.69) is 33.4 Å². The molecule has 3 rings (SSSR count). The first kappa shape index (κ1) is 18.6. The maximum atomic E-state index is 11.6. The molecule has 0 bridgehead atoms. The summed E-state index contributed by atoms with van der Waals surface area (Å²) >= 11 is 3.46. The van der Waals surface area contributed by atoms with Crippen LogP contribution >= 0.6 is 15.9 Å². The SMILES string of the molecule is COc1ccc([C@@](O)(CNCc2ccccc2)c2ccc(Br)cc2)cc1. The van der Waals surface area contributed by atoms with Crippen LogP contribution < -0.4 is 10.1 Å². The highest BCUT2D eigenvalue weighted by molar-refractivity contribution is 9.10. The Morgan fingerprint density at radius 3 is 2.04 bits per heavy atom. The molecular weight excluding hydrogens is 390 g/mol. The van der Waals surface area contributed by atoms with E-state index in [1.54, 1.807) is 7.11 Å². The number of ether oxygens (including phenoxy) is 1. The molecule has 0 radical (unpaired) electrons. The van der Waals surface area contributed by atoms with Crippen molar-refractivity contribution in [2.75, 3.05) is 13.7 Å². The summed E-state index contributed by atoms with van der Waals surface area (Å²) in [7, 11) is 1.64. The molecule has 0 saturated heterocycles. The van der Waals surface area contributed by atoms with Crippen molar-refractivity contribution in [2.45, 2.75) is 12.1 Å². The number of hydrogen-bond acceptors (Lipinski definition) is 3. The second-order valence-electron chi connectivity index (χ2n) is 6.18. The van der Waals surface area contributed by atoms with Crippen molar-refractivity contribution < 1.29 is 9.84 Å². The van der Waals surface area contributed by atoms with E-state index in [1.165, 1.54) is 5.56 Å². The molecule has 0 aliphatic carbocycles. The van der Waals surface area contributed by atoms with Crippen molar-refractivity contribution in [2.24, 2.45) is 0 Å². The van der Waals surface area contributed by atoms with Crippen LogP contribution in [0.5, 0.6) is 5.75 Å². The highest BCUT2D eigenvalue weighted by Crippen LogP contribution is 2.31. The Kier molecular flexibility index (Phi) is 6.09. The smallest absolute Gasteiger partial charge is 0.127 e. The van der Waals surface area contributed by atoms with Crippen molar-refractivity contribution >= 4 is 15.9 Å². The lowest BCUT2D eigenvalue weighted by atomic mass is 9.86. The van der Waals surface area contributed by atoms with Crippen molar-refractivity contribution in [3.8, 4) is 5.75 Å². The molecule has 0 fully saturated rings. The lowest BCUT2D eigenvalue weighted by molar-refractivity contribution is 0.0795. The van der Waals surface area contributed by atoms with Gasteiger partial charge in [0.1, 0.15) is 11.4 Å². The quantitative estimate of drug-likeness (QED) is 0.601. The summed E-state index contributed by atoms with van der Waals surface area (Å²) in [6, 6.07) is 25.5. The molecule has 26 heavy (non-hydrogen) atoms. The van der Waals surface area contributed by atoms with Crippen LogP contribution in [0.2, 0.25) is 0 Å². The normalized spacial score (nSPS) is 13.2. The summed E-state index contributed by atoms with van der Waals surface area (Å²) in [4.78, 5) is 0. The van der Waals surface area contributed by atoms with Crippen LogP contribution in [0.1, 0.15) is 16.7 Å². The fourth-order valence-corrected chi connectivity index (χ4v) is 3.21. The fraction of sp³-hybridized carbons (Fsp3) is 0.182. The zero-order valence-corrected chi connectivity index (χ0v) is 16.2. The van der Waals surface area contributed by atoms with Gasteiger partial charge in [0.25, 0.3) is 0 Å².